The second-order valence-corrected chi connectivity index (χ2v) is 6.22. The van der Waals surface area contributed by atoms with Gasteiger partial charge in [0.05, 0.1) is 6.61 Å². The molecular formula is C15H22O. The fourth-order valence-corrected chi connectivity index (χ4v) is 2.39. The minimum atomic E-state index is 0.0977. The molecule has 0 saturated heterocycles. The van der Waals surface area contributed by atoms with Crippen LogP contribution in [0.1, 0.15) is 50.3 Å². The molecule has 2 rings (SSSR count). The van der Waals surface area contributed by atoms with Crippen molar-refractivity contribution >= 4 is 0 Å². The van der Waals surface area contributed by atoms with Crippen LogP contribution < -0.4 is 0 Å². The Morgan fingerprint density at radius 1 is 1.25 bits per heavy atom. The molecular weight excluding hydrogens is 196 g/mol. The summed E-state index contributed by atoms with van der Waals surface area (Å²) >= 11 is 0. The van der Waals surface area contributed by atoms with Crippen molar-refractivity contribution in [3.05, 3.63) is 34.9 Å². The van der Waals surface area contributed by atoms with Crippen molar-refractivity contribution < 1.29 is 5.11 Å². The molecule has 1 heteroatoms. The van der Waals surface area contributed by atoms with Crippen LogP contribution in [-0.4, -0.2) is 11.7 Å². The monoisotopic (exact) mass is 218 g/mol. The summed E-state index contributed by atoms with van der Waals surface area (Å²) in [7, 11) is 0. The highest BCUT2D eigenvalue weighted by molar-refractivity contribution is 5.42. The molecule has 0 unspecified atom stereocenters. The van der Waals surface area contributed by atoms with Gasteiger partial charge in [0.15, 0.2) is 0 Å². The fourth-order valence-electron chi connectivity index (χ4n) is 2.39. The standard InChI is InChI=1S/C15H22O/c1-11-9-12(14(2,3)4)5-6-13(11)15(10-16)7-8-15/h5-6,9,16H,7-8,10H2,1-4H3. The van der Waals surface area contributed by atoms with Crippen LogP contribution in [0.5, 0.6) is 0 Å². The lowest BCUT2D eigenvalue weighted by atomic mass is 9.83. The van der Waals surface area contributed by atoms with E-state index in [2.05, 4.69) is 45.9 Å². The van der Waals surface area contributed by atoms with Crippen LogP contribution in [0.2, 0.25) is 0 Å². The van der Waals surface area contributed by atoms with Gasteiger partial charge in [-0.3, -0.25) is 0 Å². The Balaban J connectivity index is 2.38. The third kappa shape index (κ3) is 1.89. The highest BCUT2D eigenvalue weighted by Gasteiger charge is 2.44. The predicted molar refractivity (Wildman–Crippen MR) is 67.9 cm³/mol. The predicted octanol–water partition coefficient (Wildman–Crippen LogP) is 3.32. The number of aryl methyl sites for hydroxylation is 1. The van der Waals surface area contributed by atoms with Crippen molar-refractivity contribution in [1.82, 2.24) is 0 Å². The van der Waals surface area contributed by atoms with Crippen LogP contribution in [-0.2, 0) is 10.8 Å². The molecule has 0 radical (unpaired) electrons. The molecule has 1 aromatic rings. The Hall–Kier alpha value is -0.820. The first-order chi connectivity index (χ1) is 7.39. The Morgan fingerprint density at radius 2 is 1.88 bits per heavy atom. The van der Waals surface area contributed by atoms with E-state index >= 15 is 0 Å². The van der Waals surface area contributed by atoms with E-state index in [0.717, 1.165) is 12.8 Å². The van der Waals surface area contributed by atoms with Crippen LogP contribution in [0.15, 0.2) is 18.2 Å². The van der Waals surface area contributed by atoms with E-state index in [4.69, 9.17) is 0 Å². The molecule has 16 heavy (non-hydrogen) atoms. The second-order valence-electron chi connectivity index (χ2n) is 6.22. The van der Waals surface area contributed by atoms with Gasteiger partial charge < -0.3 is 5.11 Å². The number of hydrogen-bond donors (Lipinski definition) is 1. The van der Waals surface area contributed by atoms with Gasteiger partial charge in [0.1, 0.15) is 0 Å². The normalized spacial score (nSPS) is 18.6. The molecule has 0 amide bonds. The molecule has 1 fully saturated rings. The summed E-state index contributed by atoms with van der Waals surface area (Å²) in [6.07, 6.45) is 2.28. The number of aliphatic hydroxyl groups is 1. The van der Waals surface area contributed by atoms with Crippen molar-refractivity contribution in [2.24, 2.45) is 0 Å². The first-order valence-corrected chi connectivity index (χ1v) is 6.11. The molecule has 0 atom stereocenters. The summed E-state index contributed by atoms with van der Waals surface area (Å²) in [5.41, 5.74) is 4.36. The molecule has 1 N–H and O–H groups in total. The minimum Gasteiger partial charge on any atom is -0.395 e. The van der Waals surface area contributed by atoms with Gasteiger partial charge >= 0.3 is 0 Å². The highest BCUT2D eigenvalue weighted by atomic mass is 16.3. The molecule has 1 saturated carbocycles. The van der Waals surface area contributed by atoms with E-state index < -0.39 is 0 Å². The smallest absolute Gasteiger partial charge is 0.0528 e. The molecule has 1 aliphatic carbocycles. The first kappa shape index (κ1) is 11.7. The quantitative estimate of drug-likeness (QED) is 0.807. The lowest BCUT2D eigenvalue weighted by Crippen LogP contribution is -2.16. The summed E-state index contributed by atoms with van der Waals surface area (Å²) in [5.74, 6) is 0. The van der Waals surface area contributed by atoms with E-state index in [9.17, 15) is 5.11 Å². The van der Waals surface area contributed by atoms with Crippen molar-refractivity contribution in [3.63, 3.8) is 0 Å². The molecule has 0 bridgehead atoms. The van der Waals surface area contributed by atoms with Crippen molar-refractivity contribution in [2.75, 3.05) is 6.61 Å². The van der Waals surface area contributed by atoms with Gasteiger partial charge in [-0.2, -0.15) is 0 Å². The van der Waals surface area contributed by atoms with Crippen LogP contribution in [0, 0.1) is 6.92 Å². The molecule has 1 aliphatic rings. The number of benzene rings is 1. The minimum absolute atomic E-state index is 0.0977. The SMILES string of the molecule is Cc1cc(C(C)(C)C)ccc1C1(CO)CC1. The van der Waals surface area contributed by atoms with Crippen molar-refractivity contribution in [3.8, 4) is 0 Å². The summed E-state index contributed by atoms with van der Waals surface area (Å²) in [6.45, 7) is 9.17. The van der Waals surface area contributed by atoms with Gasteiger partial charge in [-0.1, -0.05) is 39.0 Å². The van der Waals surface area contributed by atoms with E-state index in [1.165, 1.54) is 16.7 Å². The van der Waals surface area contributed by atoms with Gasteiger partial charge in [0, 0.05) is 5.41 Å². The van der Waals surface area contributed by atoms with E-state index in [0.29, 0.717) is 6.61 Å². The van der Waals surface area contributed by atoms with Crippen LogP contribution in [0.4, 0.5) is 0 Å². The molecule has 1 nitrogen and oxygen atoms in total. The third-order valence-electron chi connectivity index (χ3n) is 3.82. The lowest BCUT2D eigenvalue weighted by molar-refractivity contribution is 0.254. The summed E-state index contributed by atoms with van der Waals surface area (Å²) in [5, 5.41) is 9.46. The Bertz CT molecular complexity index is 394. The van der Waals surface area contributed by atoms with Crippen LogP contribution >= 0.6 is 0 Å². The Morgan fingerprint density at radius 3 is 2.25 bits per heavy atom. The van der Waals surface area contributed by atoms with E-state index in [-0.39, 0.29) is 10.8 Å². The average Bonchev–Trinajstić information content (AvgIpc) is 2.97. The zero-order valence-electron chi connectivity index (χ0n) is 10.8. The Kier molecular flexibility index (Phi) is 2.62. The maximum atomic E-state index is 9.46. The molecule has 1 aromatic carbocycles. The summed E-state index contributed by atoms with van der Waals surface area (Å²) < 4.78 is 0. The average molecular weight is 218 g/mol. The van der Waals surface area contributed by atoms with E-state index in [1.807, 2.05) is 0 Å². The highest BCUT2D eigenvalue weighted by Crippen LogP contribution is 2.49. The zero-order valence-corrected chi connectivity index (χ0v) is 10.8. The van der Waals surface area contributed by atoms with Crippen LogP contribution in [0.3, 0.4) is 0 Å². The molecule has 0 aromatic heterocycles. The molecule has 0 heterocycles. The molecule has 0 spiro atoms. The Labute approximate surface area is 98.5 Å². The van der Waals surface area contributed by atoms with Crippen molar-refractivity contribution in [2.45, 2.75) is 51.4 Å². The van der Waals surface area contributed by atoms with Gasteiger partial charge in [0.25, 0.3) is 0 Å². The maximum Gasteiger partial charge on any atom is 0.0528 e. The molecule has 88 valence electrons. The first-order valence-electron chi connectivity index (χ1n) is 6.11. The number of hydrogen-bond acceptors (Lipinski definition) is 1. The lowest BCUT2D eigenvalue weighted by Gasteiger charge is -2.22. The van der Waals surface area contributed by atoms with Crippen LogP contribution in [0.25, 0.3) is 0 Å². The van der Waals surface area contributed by atoms with Crippen molar-refractivity contribution in [1.29, 1.82) is 0 Å². The largest absolute Gasteiger partial charge is 0.395 e. The second kappa shape index (κ2) is 3.59. The zero-order chi connectivity index (χ0) is 12.0. The number of rotatable bonds is 2. The third-order valence-corrected chi connectivity index (χ3v) is 3.82. The van der Waals surface area contributed by atoms with E-state index in [1.54, 1.807) is 0 Å². The summed E-state index contributed by atoms with van der Waals surface area (Å²) in [4.78, 5) is 0. The maximum absolute atomic E-state index is 9.46. The van der Waals surface area contributed by atoms with Gasteiger partial charge in [-0.25, -0.2) is 0 Å². The van der Waals surface area contributed by atoms with Gasteiger partial charge in [-0.05, 0) is 41.9 Å². The topological polar surface area (TPSA) is 20.2 Å². The fraction of sp³-hybridized carbons (Fsp3) is 0.600. The number of aliphatic hydroxyl groups excluding tert-OH is 1. The van der Waals surface area contributed by atoms with Gasteiger partial charge in [-0.15, -0.1) is 0 Å². The summed E-state index contributed by atoms with van der Waals surface area (Å²) in [6, 6.07) is 6.72. The van der Waals surface area contributed by atoms with Gasteiger partial charge in [0.2, 0.25) is 0 Å². The molecule has 0 aliphatic heterocycles.